The van der Waals surface area contributed by atoms with E-state index in [0.29, 0.717) is 5.88 Å². The molecule has 0 aromatic heterocycles. The monoisotopic (exact) mass is 326 g/mol. The predicted molar refractivity (Wildman–Crippen MR) is 91.7 cm³/mol. The maximum Gasteiger partial charge on any atom is 0.0494 e. The molecule has 1 aromatic carbocycles. The third-order valence-corrected chi connectivity index (χ3v) is 5.43. The molecule has 0 amide bonds. The molecule has 2 nitrogen and oxygen atoms in total. The molecule has 0 radical (unpaired) electrons. The summed E-state index contributed by atoms with van der Waals surface area (Å²) in [6.07, 6.45) is 6.69. The minimum absolute atomic E-state index is 0.554. The molecule has 116 valence electrons. The second-order valence-electron chi connectivity index (χ2n) is 6.22. The quantitative estimate of drug-likeness (QED) is 0.753. The van der Waals surface area contributed by atoms with Gasteiger partial charge in [0, 0.05) is 35.7 Å². The largest absolute Gasteiger partial charge is 0.371 e. The summed E-state index contributed by atoms with van der Waals surface area (Å²) in [5.74, 6) is 0.554. The van der Waals surface area contributed by atoms with Gasteiger partial charge in [-0.25, -0.2) is 0 Å². The first-order valence-electron chi connectivity index (χ1n) is 8.11. The fourth-order valence-corrected chi connectivity index (χ4v) is 4.09. The fourth-order valence-electron chi connectivity index (χ4n) is 3.70. The zero-order valence-electron chi connectivity index (χ0n) is 12.5. The average Bonchev–Trinajstić information content (AvgIpc) is 2.56. The van der Waals surface area contributed by atoms with E-state index in [2.05, 4.69) is 21.9 Å². The lowest BCUT2D eigenvalue weighted by Gasteiger charge is -2.41. The number of piperidine rings is 2. The van der Waals surface area contributed by atoms with Crippen molar-refractivity contribution in [3.05, 3.63) is 28.8 Å². The van der Waals surface area contributed by atoms with Crippen LogP contribution in [0.5, 0.6) is 0 Å². The molecule has 0 bridgehead atoms. The Labute approximate surface area is 138 Å². The Kier molecular flexibility index (Phi) is 5.31. The van der Waals surface area contributed by atoms with Crippen LogP contribution in [0.25, 0.3) is 0 Å². The summed E-state index contributed by atoms with van der Waals surface area (Å²) in [5.41, 5.74) is 2.42. The van der Waals surface area contributed by atoms with Gasteiger partial charge in [0.15, 0.2) is 0 Å². The van der Waals surface area contributed by atoms with Gasteiger partial charge < -0.3 is 9.80 Å². The van der Waals surface area contributed by atoms with Gasteiger partial charge in [0.2, 0.25) is 0 Å². The molecular formula is C17H24Cl2N2. The Balaban J connectivity index is 1.64. The zero-order valence-corrected chi connectivity index (χ0v) is 14.0. The van der Waals surface area contributed by atoms with Gasteiger partial charge in [-0.2, -0.15) is 0 Å². The minimum Gasteiger partial charge on any atom is -0.371 e. The summed E-state index contributed by atoms with van der Waals surface area (Å²) in [6, 6.07) is 6.84. The van der Waals surface area contributed by atoms with Crippen molar-refractivity contribution in [1.29, 1.82) is 0 Å². The normalized spacial score (nSPS) is 21.7. The molecule has 0 spiro atoms. The molecule has 2 aliphatic rings. The lowest BCUT2D eigenvalue weighted by Crippen LogP contribution is -2.46. The molecule has 0 aliphatic carbocycles. The number of benzene rings is 1. The van der Waals surface area contributed by atoms with Gasteiger partial charge in [-0.3, -0.25) is 0 Å². The van der Waals surface area contributed by atoms with Gasteiger partial charge in [-0.15, -0.1) is 11.6 Å². The first kappa shape index (κ1) is 15.5. The molecular weight excluding hydrogens is 303 g/mol. The van der Waals surface area contributed by atoms with Gasteiger partial charge in [0.05, 0.1) is 0 Å². The summed E-state index contributed by atoms with van der Waals surface area (Å²) in [7, 11) is 0. The highest BCUT2D eigenvalue weighted by Gasteiger charge is 2.26. The van der Waals surface area contributed by atoms with Crippen LogP contribution < -0.4 is 4.90 Å². The summed E-state index contributed by atoms with van der Waals surface area (Å²) in [4.78, 5) is 5.17. The van der Waals surface area contributed by atoms with Crippen molar-refractivity contribution in [1.82, 2.24) is 4.90 Å². The number of likely N-dealkylation sites (tertiary alicyclic amines) is 1. The van der Waals surface area contributed by atoms with Gasteiger partial charge in [0.25, 0.3) is 0 Å². The second-order valence-corrected chi connectivity index (χ2v) is 6.93. The first-order chi connectivity index (χ1) is 10.3. The molecule has 2 aliphatic heterocycles. The molecule has 0 N–H and O–H groups in total. The van der Waals surface area contributed by atoms with Crippen LogP contribution in [0.3, 0.4) is 0 Å². The van der Waals surface area contributed by atoms with Crippen LogP contribution >= 0.6 is 23.2 Å². The van der Waals surface area contributed by atoms with E-state index in [4.69, 9.17) is 23.2 Å². The maximum absolute atomic E-state index is 6.17. The lowest BCUT2D eigenvalue weighted by molar-refractivity contribution is 0.141. The number of hydrogen-bond donors (Lipinski definition) is 0. The molecule has 2 fully saturated rings. The highest BCUT2D eigenvalue weighted by atomic mass is 35.5. The molecule has 0 saturated carbocycles. The summed E-state index contributed by atoms with van der Waals surface area (Å²) in [6.45, 7) is 4.83. The molecule has 2 saturated heterocycles. The Morgan fingerprint density at radius 1 is 1.00 bits per heavy atom. The van der Waals surface area contributed by atoms with Crippen LogP contribution in [0.2, 0.25) is 5.02 Å². The van der Waals surface area contributed by atoms with Crippen LogP contribution in [0.4, 0.5) is 5.69 Å². The summed E-state index contributed by atoms with van der Waals surface area (Å²) >= 11 is 12.2. The first-order valence-corrected chi connectivity index (χ1v) is 9.02. The van der Waals surface area contributed by atoms with E-state index in [1.165, 1.54) is 56.4 Å². The molecule has 3 rings (SSSR count). The second kappa shape index (κ2) is 7.21. The number of rotatable bonds is 3. The highest BCUT2D eigenvalue weighted by molar-refractivity contribution is 6.31. The van der Waals surface area contributed by atoms with Crippen molar-refractivity contribution in [2.75, 3.05) is 31.1 Å². The standard InChI is InChI=1S/C17H24Cl2N2/c18-13-14-4-5-15(19)12-17(14)21-10-6-16(7-11-21)20-8-2-1-3-9-20/h4-5,12,16H,1-3,6-11,13H2. The SMILES string of the molecule is ClCc1ccc(Cl)cc1N1CCC(N2CCCCC2)CC1. The topological polar surface area (TPSA) is 6.48 Å². The van der Waals surface area contributed by atoms with E-state index in [-0.39, 0.29) is 0 Å². The van der Waals surface area contributed by atoms with Crippen molar-refractivity contribution in [2.24, 2.45) is 0 Å². The van der Waals surface area contributed by atoms with Crippen molar-refractivity contribution in [3.8, 4) is 0 Å². The number of halogens is 2. The van der Waals surface area contributed by atoms with Crippen LogP contribution in [-0.2, 0) is 5.88 Å². The number of hydrogen-bond acceptors (Lipinski definition) is 2. The van der Waals surface area contributed by atoms with E-state index < -0.39 is 0 Å². The van der Waals surface area contributed by atoms with E-state index in [1.807, 2.05) is 6.07 Å². The van der Waals surface area contributed by atoms with Crippen LogP contribution in [-0.4, -0.2) is 37.1 Å². The van der Waals surface area contributed by atoms with Gasteiger partial charge in [-0.1, -0.05) is 24.1 Å². The van der Waals surface area contributed by atoms with E-state index in [1.54, 1.807) is 0 Å². The Morgan fingerprint density at radius 3 is 2.38 bits per heavy atom. The Hall–Kier alpha value is -0.440. The van der Waals surface area contributed by atoms with E-state index in [0.717, 1.165) is 24.2 Å². The predicted octanol–water partition coefficient (Wildman–Crippen LogP) is 4.53. The highest BCUT2D eigenvalue weighted by Crippen LogP contribution is 2.30. The molecule has 0 atom stereocenters. The van der Waals surface area contributed by atoms with Crippen molar-refractivity contribution in [2.45, 2.75) is 44.0 Å². The third-order valence-electron chi connectivity index (χ3n) is 4.90. The summed E-state index contributed by atoms with van der Waals surface area (Å²) in [5, 5.41) is 0.803. The van der Waals surface area contributed by atoms with Gasteiger partial charge >= 0.3 is 0 Å². The molecule has 1 aromatic rings. The average molecular weight is 327 g/mol. The molecule has 2 heterocycles. The minimum atomic E-state index is 0.554. The van der Waals surface area contributed by atoms with E-state index in [9.17, 15) is 0 Å². The van der Waals surface area contributed by atoms with Crippen LogP contribution in [0.15, 0.2) is 18.2 Å². The van der Waals surface area contributed by atoms with E-state index >= 15 is 0 Å². The zero-order chi connectivity index (χ0) is 14.7. The lowest BCUT2D eigenvalue weighted by atomic mass is 9.99. The van der Waals surface area contributed by atoms with Crippen molar-refractivity contribution >= 4 is 28.9 Å². The molecule has 21 heavy (non-hydrogen) atoms. The summed E-state index contributed by atoms with van der Waals surface area (Å²) < 4.78 is 0. The van der Waals surface area contributed by atoms with Crippen molar-refractivity contribution in [3.63, 3.8) is 0 Å². The fraction of sp³-hybridized carbons (Fsp3) is 0.647. The van der Waals surface area contributed by atoms with Crippen LogP contribution in [0.1, 0.15) is 37.7 Å². The van der Waals surface area contributed by atoms with Gasteiger partial charge in [-0.05, 0) is 56.5 Å². The number of nitrogens with zero attached hydrogens (tertiary/aromatic N) is 2. The maximum atomic E-state index is 6.17. The Morgan fingerprint density at radius 2 is 1.71 bits per heavy atom. The van der Waals surface area contributed by atoms with Crippen LogP contribution in [0, 0.1) is 0 Å². The number of alkyl halides is 1. The van der Waals surface area contributed by atoms with Crippen molar-refractivity contribution < 1.29 is 0 Å². The number of anilines is 1. The third kappa shape index (κ3) is 3.67. The Bertz CT molecular complexity index is 464. The molecule has 0 unspecified atom stereocenters. The van der Waals surface area contributed by atoms with Gasteiger partial charge in [0.1, 0.15) is 0 Å². The molecule has 4 heteroatoms. The smallest absolute Gasteiger partial charge is 0.0494 e.